The molecule has 1 atom stereocenters. The molecule has 11 heavy (non-hydrogen) atoms. The van der Waals surface area contributed by atoms with E-state index in [4.69, 9.17) is 16.9 Å². The number of hydrogen-bond acceptors (Lipinski definition) is 1. The van der Waals surface area contributed by atoms with Crippen molar-refractivity contribution in [3.8, 4) is 6.07 Å². The van der Waals surface area contributed by atoms with Gasteiger partial charge < -0.3 is 0 Å². The van der Waals surface area contributed by atoms with Crippen LogP contribution in [0.3, 0.4) is 0 Å². The first-order valence-electron chi connectivity index (χ1n) is 3.03. The SMILES string of the molecule is N#CC(F)c1ccc(Cl)cc1. The Labute approximate surface area is 69.0 Å². The van der Waals surface area contributed by atoms with E-state index in [1.54, 1.807) is 12.1 Å². The highest BCUT2D eigenvalue weighted by Crippen LogP contribution is 2.18. The van der Waals surface area contributed by atoms with Gasteiger partial charge in [-0.25, -0.2) is 4.39 Å². The molecule has 0 heterocycles. The van der Waals surface area contributed by atoms with Crippen LogP contribution in [0.15, 0.2) is 24.3 Å². The quantitative estimate of drug-likeness (QED) is 0.634. The fourth-order valence-electron chi connectivity index (χ4n) is 0.706. The Morgan fingerprint density at radius 3 is 2.36 bits per heavy atom. The van der Waals surface area contributed by atoms with Gasteiger partial charge in [-0.05, 0) is 12.1 Å². The Morgan fingerprint density at radius 2 is 1.91 bits per heavy atom. The van der Waals surface area contributed by atoms with Gasteiger partial charge in [0.25, 0.3) is 0 Å². The third-order valence-corrected chi connectivity index (χ3v) is 1.53. The third kappa shape index (κ3) is 1.92. The van der Waals surface area contributed by atoms with Crippen molar-refractivity contribution in [2.75, 3.05) is 0 Å². The lowest BCUT2D eigenvalue weighted by Gasteiger charge is -1.97. The van der Waals surface area contributed by atoms with Crippen LogP contribution in [-0.4, -0.2) is 0 Å². The smallest absolute Gasteiger partial charge is 0.211 e. The summed E-state index contributed by atoms with van der Waals surface area (Å²) in [6.07, 6.45) is -1.55. The van der Waals surface area contributed by atoms with Crippen LogP contribution in [0.1, 0.15) is 11.7 Å². The summed E-state index contributed by atoms with van der Waals surface area (Å²) < 4.78 is 12.6. The number of benzene rings is 1. The largest absolute Gasteiger partial charge is 0.226 e. The second-order valence-corrected chi connectivity index (χ2v) is 2.48. The molecule has 0 radical (unpaired) electrons. The molecule has 0 spiro atoms. The molecule has 0 aliphatic rings. The molecule has 3 heteroatoms. The maximum absolute atomic E-state index is 12.6. The maximum Gasteiger partial charge on any atom is 0.211 e. The van der Waals surface area contributed by atoms with Crippen molar-refractivity contribution in [3.63, 3.8) is 0 Å². The summed E-state index contributed by atoms with van der Waals surface area (Å²) in [4.78, 5) is 0. The fourth-order valence-corrected chi connectivity index (χ4v) is 0.832. The normalized spacial score (nSPS) is 12.1. The van der Waals surface area contributed by atoms with Crippen LogP contribution < -0.4 is 0 Å². The predicted molar refractivity (Wildman–Crippen MR) is 40.9 cm³/mol. The monoisotopic (exact) mass is 169 g/mol. The lowest BCUT2D eigenvalue weighted by Crippen LogP contribution is -1.85. The minimum atomic E-state index is -1.55. The van der Waals surface area contributed by atoms with Crippen molar-refractivity contribution >= 4 is 11.6 Å². The fraction of sp³-hybridized carbons (Fsp3) is 0.125. The number of rotatable bonds is 1. The summed E-state index contributed by atoms with van der Waals surface area (Å²) in [7, 11) is 0. The van der Waals surface area contributed by atoms with Crippen LogP contribution in [-0.2, 0) is 0 Å². The van der Waals surface area contributed by atoms with E-state index in [9.17, 15) is 4.39 Å². The van der Waals surface area contributed by atoms with E-state index in [1.165, 1.54) is 18.2 Å². The number of hydrogen-bond donors (Lipinski definition) is 0. The average molecular weight is 170 g/mol. The van der Waals surface area contributed by atoms with E-state index >= 15 is 0 Å². The summed E-state index contributed by atoms with van der Waals surface area (Å²) in [6, 6.07) is 7.60. The standard InChI is InChI=1S/C8H5ClFN/c9-7-3-1-6(2-4-7)8(10)5-11/h1-4,8H. The van der Waals surface area contributed by atoms with Crippen LogP contribution in [0.2, 0.25) is 5.02 Å². The summed E-state index contributed by atoms with van der Waals surface area (Å²) in [5, 5.41) is 8.74. The molecule has 0 saturated heterocycles. The molecule has 0 aromatic heterocycles. The molecule has 56 valence electrons. The summed E-state index contributed by atoms with van der Waals surface area (Å²) in [5.41, 5.74) is 0.344. The summed E-state index contributed by atoms with van der Waals surface area (Å²) in [5.74, 6) is 0. The number of halogens is 2. The zero-order valence-corrected chi connectivity index (χ0v) is 6.35. The van der Waals surface area contributed by atoms with Crippen LogP contribution in [0.5, 0.6) is 0 Å². The highest BCUT2D eigenvalue weighted by molar-refractivity contribution is 6.30. The molecular weight excluding hydrogens is 165 g/mol. The van der Waals surface area contributed by atoms with E-state index in [1.807, 2.05) is 0 Å². The molecule has 1 aromatic rings. The number of nitrogens with zero attached hydrogens (tertiary/aromatic N) is 1. The van der Waals surface area contributed by atoms with Gasteiger partial charge in [0.05, 0.1) is 0 Å². The van der Waals surface area contributed by atoms with Crippen molar-refractivity contribution in [1.82, 2.24) is 0 Å². The first kappa shape index (κ1) is 8.03. The Hall–Kier alpha value is -1.07. The van der Waals surface area contributed by atoms with Gasteiger partial charge in [0.2, 0.25) is 6.17 Å². The third-order valence-electron chi connectivity index (χ3n) is 1.28. The average Bonchev–Trinajstić information content (AvgIpc) is 2.05. The molecule has 1 aromatic carbocycles. The predicted octanol–water partition coefficient (Wildman–Crippen LogP) is 2.87. The Bertz CT molecular complexity index is 275. The molecule has 1 unspecified atom stereocenters. The Kier molecular flexibility index (Phi) is 2.45. The molecule has 0 bridgehead atoms. The van der Waals surface area contributed by atoms with Crippen molar-refractivity contribution in [1.29, 1.82) is 5.26 Å². The second kappa shape index (κ2) is 3.36. The minimum absolute atomic E-state index is 0.344. The van der Waals surface area contributed by atoms with E-state index in [0.717, 1.165) is 0 Å². The lowest BCUT2D eigenvalue weighted by molar-refractivity contribution is 0.424. The topological polar surface area (TPSA) is 23.8 Å². The first-order chi connectivity index (χ1) is 5.24. The van der Waals surface area contributed by atoms with E-state index in [-0.39, 0.29) is 0 Å². The van der Waals surface area contributed by atoms with Crippen LogP contribution in [0.4, 0.5) is 4.39 Å². The Morgan fingerprint density at radius 1 is 1.36 bits per heavy atom. The zero-order chi connectivity index (χ0) is 8.27. The molecule has 0 aliphatic heterocycles. The summed E-state index contributed by atoms with van der Waals surface area (Å²) in [6.45, 7) is 0. The second-order valence-electron chi connectivity index (χ2n) is 2.04. The van der Waals surface area contributed by atoms with Crippen molar-refractivity contribution < 1.29 is 4.39 Å². The van der Waals surface area contributed by atoms with Gasteiger partial charge in [0.15, 0.2) is 0 Å². The molecular formula is C8H5ClFN. The van der Waals surface area contributed by atoms with Gasteiger partial charge in [-0.1, -0.05) is 23.7 Å². The molecule has 0 N–H and O–H groups in total. The van der Waals surface area contributed by atoms with Gasteiger partial charge in [-0.15, -0.1) is 0 Å². The van der Waals surface area contributed by atoms with Crippen LogP contribution in [0, 0.1) is 11.3 Å². The minimum Gasteiger partial charge on any atom is -0.226 e. The maximum atomic E-state index is 12.6. The van der Waals surface area contributed by atoms with Gasteiger partial charge in [0, 0.05) is 10.6 Å². The number of alkyl halides is 1. The molecule has 0 amide bonds. The highest BCUT2D eigenvalue weighted by atomic mass is 35.5. The highest BCUT2D eigenvalue weighted by Gasteiger charge is 2.05. The van der Waals surface area contributed by atoms with Gasteiger partial charge in [-0.2, -0.15) is 5.26 Å². The molecule has 0 fully saturated rings. The van der Waals surface area contributed by atoms with Gasteiger partial charge in [0.1, 0.15) is 6.07 Å². The van der Waals surface area contributed by atoms with E-state index in [0.29, 0.717) is 10.6 Å². The van der Waals surface area contributed by atoms with Crippen LogP contribution >= 0.6 is 11.6 Å². The molecule has 0 saturated carbocycles. The lowest BCUT2D eigenvalue weighted by atomic mass is 10.1. The summed E-state index contributed by atoms with van der Waals surface area (Å²) >= 11 is 5.55. The van der Waals surface area contributed by atoms with Crippen molar-refractivity contribution in [3.05, 3.63) is 34.9 Å². The van der Waals surface area contributed by atoms with Gasteiger partial charge >= 0.3 is 0 Å². The molecule has 1 rings (SSSR count). The van der Waals surface area contributed by atoms with Crippen LogP contribution in [0.25, 0.3) is 0 Å². The molecule has 0 aliphatic carbocycles. The molecule has 1 nitrogen and oxygen atoms in total. The van der Waals surface area contributed by atoms with E-state index in [2.05, 4.69) is 0 Å². The van der Waals surface area contributed by atoms with Gasteiger partial charge in [-0.3, -0.25) is 0 Å². The van der Waals surface area contributed by atoms with Crippen molar-refractivity contribution in [2.45, 2.75) is 6.17 Å². The Balaban J connectivity index is 2.92. The zero-order valence-electron chi connectivity index (χ0n) is 5.59. The first-order valence-corrected chi connectivity index (χ1v) is 3.41. The number of nitriles is 1. The van der Waals surface area contributed by atoms with E-state index < -0.39 is 6.17 Å². The van der Waals surface area contributed by atoms with Crippen molar-refractivity contribution in [2.24, 2.45) is 0 Å².